The number of halogens is 2. The van der Waals surface area contributed by atoms with Gasteiger partial charge in [-0.1, -0.05) is 12.2 Å². The van der Waals surface area contributed by atoms with Gasteiger partial charge in [0.2, 0.25) is 0 Å². The van der Waals surface area contributed by atoms with Crippen LogP contribution in [0, 0.1) is 5.82 Å². The highest BCUT2D eigenvalue weighted by Gasteiger charge is 2.29. The molecule has 1 fully saturated rings. The fraction of sp³-hybridized carbons (Fsp3) is 0.364. The lowest BCUT2D eigenvalue weighted by atomic mass is 10.2. The van der Waals surface area contributed by atoms with E-state index in [1.165, 1.54) is 12.1 Å². The summed E-state index contributed by atoms with van der Waals surface area (Å²) >= 11 is 0. The molecule has 0 radical (unpaired) electrons. The average molecular weight is 523 g/mol. The van der Waals surface area contributed by atoms with Gasteiger partial charge in [-0.2, -0.15) is 0 Å². The van der Waals surface area contributed by atoms with Crippen molar-refractivity contribution in [1.29, 1.82) is 0 Å². The lowest BCUT2D eigenvalue weighted by molar-refractivity contribution is 0.259. The van der Waals surface area contributed by atoms with Crippen molar-refractivity contribution in [2.24, 2.45) is 4.99 Å². The molecule has 1 aromatic carbocycles. The molecule has 4 rings (SSSR count). The zero-order valence-corrected chi connectivity index (χ0v) is 19.3. The summed E-state index contributed by atoms with van der Waals surface area (Å²) in [6, 6.07) is 10.2. The van der Waals surface area contributed by atoms with Crippen LogP contribution in [0.1, 0.15) is 12.1 Å². The number of pyridine rings is 1. The number of benzene rings is 1. The number of nitrogens with zero attached hydrogens (tertiary/aromatic N) is 4. The quantitative estimate of drug-likeness (QED) is 0.281. The molecule has 30 heavy (non-hydrogen) atoms. The third-order valence-corrected chi connectivity index (χ3v) is 5.30. The number of aliphatic imine (C=N–C) groups is 1. The molecule has 1 saturated heterocycles. The molecule has 1 unspecified atom stereocenters. The maximum Gasteiger partial charge on any atom is 0.194 e. The van der Waals surface area contributed by atoms with Gasteiger partial charge in [0.15, 0.2) is 5.96 Å². The van der Waals surface area contributed by atoms with Gasteiger partial charge in [-0.05, 0) is 36.8 Å². The highest BCUT2D eigenvalue weighted by molar-refractivity contribution is 14.0. The van der Waals surface area contributed by atoms with Crippen LogP contribution in [0.25, 0.3) is 0 Å². The molecule has 1 N–H and O–H groups in total. The summed E-state index contributed by atoms with van der Waals surface area (Å²) in [7, 11) is 1.81. The number of hydrogen-bond acceptors (Lipinski definition) is 4. The summed E-state index contributed by atoms with van der Waals surface area (Å²) in [4.78, 5) is 13.7. The average Bonchev–Trinajstić information content (AvgIpc) is 3.43. The molecule has 0 amide bonds. The van der Waals surface area contributed by atoms with Gasteiger partial charge in [-0.3, -0.25) is 14.9 Å². The molecule has 2 aromatic rings. The molecule has 0 saturated carbocycles. The molecule has 0 spiro atoms. The summed E-state index contributed by atoms with van der Waals surface area (Å²) in [5.41, 5.74) is 0.852. The second kappa shape index (κ2) is 10.7. The Morgan fingerprint density at radius 3 is 2.70 bits per heavy atom. The lowest BCUT2D eigenvalue weighted by Gasteiger charge is -2.25. The fourth-order valence-electron chi connectivity index (χ4n) is 3.78. The van der Waals surface area contributed by atoms with Crippen LogP contribution >= 0.6 is 24.0 Å². The van der Waals surface area contributed by atoms with Gasteiger partial charge in [-0.25, -0.2) is 4.39 Å². The lowest BCUT2D eigenvalue weighted by Crippen LogP contribution is -2.42. The van der Waals surface area contributed by atoms with E-state index in [-0.39, 0.29) is 29.8 Å². The molecule has 1 aromatic heterocycles. The molecular formula is C22H27FIN5O. The third kappa shape index (κ3) is 5.69. The first-order valence-corrected chi connectivity index (χ1v) is 9.94. The Labute approximate surface area is 193 Å². The molecule has 0 bridgehead atoms. The van der Waals surface area contributed by atoms with E-state index >= 15 is 0 Å². The molecule has 2 aliphatic heterocycles. The van der Waals surface area contributed by atoms with Crippen molar-refractivity contribution in [3.63, 3.8) is 0 Å². The number of hydrogen-bond donors (Lipinski definition) is 1. The van der Waals surface area contributed by atoms with Gasteiger partial charge >= 0.3 is 0 Å². The largest absolute Gasteiger partial charge is 0.457 e. The van der Waals surface area contributed by atoms with Gasteiger partial charge in [0.05, 0.1) is 12.2 Å². The number of guanidine groups is 1. The van der Waals surface area contributed by atoms with E-state index < -0.39 is 0 Å². The monoisotopic (exact) mass is 523 g/mol. The molecule has 3 heterocycles. The standard InChI is InChI=1S/C22H26FN5O.HI/c1-24-22(28-13-9-19(16-28)27-11-2-3-12-27)26-15-18-14-21(8-10-25-18)29-20-6-4-17(23)5-7-20;/h2-8,10,14,19H,9,11-13,15-16H2,1H3,(H,24,26);1H. The Morgan fingerprint density at radius 2 is 1.97 bits per heavy atom. The van der Waals surface area contributed by atoms with Crippen LogP contribution in [0.3, 0.4) is 0 Å². The molecule has 0 aliphatic carbocycles. The van der Waals surface area contributed by atoms with Crippen molar-refractivity contribution in [2.75, 3.05) is 33.2 Å². The fourth-order valence-corrected chi connectivity index (χ4v) is 3.78. The van der Waals surface area contributed by atoms with E-state index in [9.17, 15) is 4.39 Å². The van der Waals surface area contributed by atoms with Crippen LogP contribution in [-0.4, -0.2) is 60.0 Å². The van der Waals surface area contributed by atoms with Gasteiger partial charge < -0.3 is 15.0 Å². The molecule has 6 nitrogen and oxygen atoms in total. The third-order valence-electron chi connectivity index (χ3n) is 5.30. The molecule has 8 heteroatoms. The Morgan fingerprint density at radius 1 is 1.20 bits per heavy atom. The van der Waals surface area contributed by atoms with Crippen molar-refractivity contribution < 1.29 is 9.13 Å². The summed E-state index contributed by atoms with van der Waals surface area (Å²) in [6.07, 6.45) is 7.34. The van der Waals surface area contributed by atoms with E-state index in [1.54, 1.807) is 24.4 Å². The van der Waals surface area contributed by atoms with Crippen molar-refractivity contribution >= 4 is 29.9 Å². The molecule has 2 aliphatic rings. The van der Waals surface area contributed by atoms with Crippen LogP contribution in [0.15, 0.2) is 59.7 Å². The Kier molecular flexibility index (Phi) is 8.03. The first-order chi connectivity index (χ1) is 14.2. The van der Waals surface area contributed by atoms with Crippen LogP contribution in [0.2, 0.25) is 0 Å². The van der Waals surface area contributed by atoms with Crippen molar-refractivity contribution in [3.05, 3.63) is 66.3 Å². The smallest absolute Gasteiger partial charge is 0.194 e. The second-order valence-electron chi connectivity index (χ2n) is 7.25. The van der Waals surface area contributed by atoms with Crippen molar-refractivity contribution in [2.45, 2.75) is 19.0 Å². The highest BCUT2D eigenvalue weighted by Crippen LogP contribution is 2.22. The summed E-state index contributed by atoms with van der Waals surface area (Å²) in [6.45, 7) is 4.65. The van der Waals surface area contributed by atoms with Gasteiger partial charge in [0, 0.05) is 51.5 Å². The van der Waals surface area contributed by atoms with Crippen LogP contribution in [-0.2, 0) is 6.54 Å². The number of likely N-dealkylation sites (tertiary alicyclic amines) is 1. The number of rotatable bonds is 5. The van der Waals surface area contributed by atoms with Gasteiger partial charge in [-0.15, -0.1) is 24.0 Å². The maximum atomic E-state index is 13.0. The maximum absolute atomic E-state index is 13.0. The van der Waals surface area contributed by atoms with E-state index in [4.69, 9.17) is 4.74 Å². The Balaban J connectivity index is 0.00000256. The molecular weight excluding hydrogens is 496 g/mol. The minimum absolute atomic E-state index is 0. The van der Waals surface area contributed by atoms with E-state index in [2.05, 4.69) is 37.2 Å². The summed E-state index contributed by atoms with van der Waals surface area (Å²) < 4.78 is 18.8. The Bertz CT molecular complexity index is 881. The van der Waals surface area contributed by atoms with Crippen LogP contribution < -0.4 is 10.1 Å². The van der Waals surface area contributed by atoms with Gasteiger partial charge in [0.1, 0.15) is 17.3 Å². The summed E-state index contributed by atoms with van der Waals surface area (Å²) in [5.74, 6) is 1.87. The zero-order valence-electron chi connectivity index (χ0n) is 17.0. The molecule has 160 valence electrons. The first-order valence-electron chi connectivity index (χ1n) is 9.94. The minimum atomic E-state index is -0.284. The Hall–Kier alpha value is -2.20. The SMILES string of the molecule is CN=C(NCc1cc(Oc2ccc(F)cc2)ccn1)N1CCC(N2CC=CC2)C1.I. The predicted octanol–water partition coefficient (Wildman–Crippen LogP) is 3.65. The summed E-state index contributed by atoms with van der Waals surface area (Å²) in [5, 5.41) is 3.41. The van der Waals surface area contributed by atoms with Gasteiger partial charge in [0.25, 0.3) is 0 Å². The highest BCUT2D eigenvalue weighted by atomic mass is 127. The minimum Gasteiger partial charge on any atom is -0.457 e. The van der Waals surface area contributed by atoms with Crippen LogP contribution in [0.5, 0.6) is 11.5 Å². The zero-order chi connectivity index (χ0) is 20.1. The number of nitrogens with one attached hydrogen (secondary N) is 1. The topological polar surface area (TPSA) is 53.0 Å². The van der Waals surface area contributed by atoms with E-state index in [1.807, 2.05) is 13.1 Å². The molecule has 1 atom stereocenters. The van der Waals surface area contributed by atoms with E-state index in [0.717, 1.165) is 44.3 Å². The second-order valence-corrected chi connectivity index (χ2v) is 7.25. The van der Waals surface area contributed by atoms with Crippen molar-refractivity contribution in [1.82, 2.24) is 20.1 Å². The predicted molar refractivity (Wildman–Crippen MR) is 127 cm³/mol. The first kappa shape index (κ1) is 22.5. The van der Waals surface area contributed by atoms with Crippen LogP contribution in [0.4, 0.5) is 4.39 Å². The number of ether oxygens (including phenoxy) is 1. The normalized spacial score (nSPS) is 19.1. The number of aromatic nitrogens is 1. The van der Waals surface area contributed by atoms with Crippen molar-refractivity contribution in [3.8, 4) is 11.5 Å². The van der Waals surface area contributed by atoms with E-state index in [0.29, 0.717) is 24.1 Å².